The minimum Gasteiger partial charge on any atom is -0.375 e. The van der Waals surface area contributed by atoms with E-state index in [1.165, 1.54) is 6.07 Å². The summed E-state index contributed by atoms with van der Waals surface area (Å²) in [7, 11) is 0. The Kier molecular flexibility index (Phi) is 3.11. The van der Waals surface area contributed by atoms with Crippen LogP contribution in [0.25, 0.3) is 0 Å². The quantitative estimate of drug-likeness (QED) is 0.769. The fourth-order valence-corrected chi connectivity index (χ4v) is 1.68. The number of morpholine rings is 1. The molecule has 1 fully saturated rings. The van der Waals surface area contributed by atoms with Crippen molar-refractivity contribution in [3.63, 3.8) is 0 Å². The second-order valence-electron chi connectivity index (χ2n) is 3.53. The molecule has 1 N–H and O–H groups in total. The van der Waals surface area contributed by atoms with E-state index in [0.717, 1.165) is 31.7 Å². The summed E-state index contributed by atoms with van der Waals surface area (Å²) in [6.07, 6.45) is 0.968. The molecular formula is C11H14FNO. The number of rotatable bonds is 2. The summed E-state index contributed by atoms with van der Waals surface area (Å²) >= 11 is 0. The number of hydrogen-bond donors (Lipinski definition) is 1. The Hall–Kier alpha value is -0.930. The third-order valence-electron chi connectivity index (χ3n) is 2.36. The van der Waals surface area contributed by atoms with Crippen LogP contribution in [0.2, 0.25) is 0 Å². The predicted octanol–water partition coefficient (Wildman–Crippen LogP) is 1.36. The summed E-state index contributed by atoms with van der Waals surface area (Å²) in [6.45, 7) is 2.52. The van der Waals surface area contributed by atoms with Gasteiger partial charge in [-0.1, -0.05) is 12.1 Å². The molecule has 1 aromatic carbocycles. The SMILES string of the molecule is Fc1cccc(CC2CNCCO2)c1. The molecule has 0 amide bonds. The average molecular weight is 195 g/mol. The highest BCUT2D eigenvalue weighted by Crippen LogP contribution is 2.09. The smallest absolute Gasteiger partial charge is 0.123 e. The van der Waals surface area contributed by atoms with Gasteiger partial charge in [0.05, 0.1) is 12.7 Å². The molecule has 1 unspecified atom stereocenters. The van der Waals surface area contributed by atoms with E-state index in [4.69, 9.17) is 4.74 Å². The van der Waals surface area contributed by atoms with E-state index in [0.29, 0.717) is 0 Å². The number of halogens is 1. The molecule has 0 radical (unpaired) electrons. The topological polar surface area (TPSA) is 21.3 Å². The lowest BCUT2D eigenvalue weighted by Gasteiger charge is -2.23. The molecule has 3 heteroatoms. The average Bonchev–Trinajstić information content (AvgIpc) is 2.19. The minimum atomic E-state index is -0.175. The number of ether oxygens (including phenoxy) is 1. The van der Waals surface area contributed by atoms with Crippen LogP contribution in [0.15, 0.2) is 24.3 Å². The molecule has 1 aliphatic heterocycles. The van der Waals surface area contributed by atoms with Gasteiger partial charge in [0, 0.05) is 13.1 Å². The van der Waals surface area contributed by atoms with E-state index in [9.17, 15) is 4.39 Å². The highest BCUT2D eigenvalue weighted by molar-refractivity contribution is 5.17. The zero-order chi connectivity index (χ0) is 9.80. The molecule has 14 heavy (non-hydrogen) atoms. The lowest BCUT2D eigenvalue weighted by Crippen LogP contribution is -2.39. The van der Waals surface area contributed by atoms with Crippen molar-refractivity contribution < 1.29 is 9.13 Å². The zero-order valence-electron chi connectivity index (χ0n) is 8.00. The lowest BCUT2D eigenvalue weighted by molar-refractivity contribution is 0.0292. The standard InChI is InChI=1S/C11H14FNO/c12-10-3-1-2-9(6-10)7-11-8-13-4-5-14-11/h1-3,6,11,13H,4-5,7-8H2. The molecule has 2 nitrogen and oxygen atoms in total. The van der Waals surface area contributed by atoms with Crippen molar-refractivity contribution >= 4 is 0 Å². The van der Waals surface area contributed by atoms with Crippen molar-refractivity contribution in [3.05, 3.63) is 35.6 Å². The molecule has 1 saturated heterocycles. The second kappa shape index (κ2) is 4.53. The van der Waals surface area contributed by atoms with Crippen LogP contribution in [0.1, 0.15) is 5.56 Å². The fraction of sp³-hybridized carbons (Fsp3) is 0.455. The summed E-state index contributed by atoms with van der Waals surface area (Å²) in [5, 5.41) is 3.25. The van der Waals surface area contributed by atoms with Crippen LogP contribution in [-0.4, -0.2) is 25.8 Å². The van der Waals surface area contributed by atoms with E-state index in [1.807, 2.05) is 6.07 Å². The van der Waals surface area contributed by atoms with Gasteiger partial charge < -0.3 is 10.1 Å². The highest BCUT2D eigenvalue weighted by atomic mass is 19.1. The summed E-state index contributed by atoms with van der Waals surface area (Å²) in [4.78, 5) is 0. The van der Waals surface area contributed by atoms with Crippen LogP contribution in [0, 0.1) is 5.82 Å². The van der Waals surface area contributed by atoms with Crippen molar-refractivity contribution in [1.82, 2.24) is 5.32 Å². The largest absolute Gasteiger partial charge is 0.375 e. The Morgan fingerprint density at radius 2 is 2.43 bits per heavy atom. The molecule has 1 aliphatic rings. The van der Waals surface area contributed by atoms with Gasteiger partial charge >= 0.3 is 0 Å². The molecule has 0 saturated carbocycles. The summed E-state index contributed by atoms with van der Waals surface area (Å²) < 4.78 is 18.4. The maximum atomic E-state index is 12.9. The number of benzene rings is 1. The first-order valence-electron chi connectivity index (χ1n) is 4.91. The molecule has 76 valence electrons. The van der Waals surface area contributed by atoms with Crippen LogP contribution in [-0.2, 0) is 11.2 Å². The van der Waals surface area contributed by atoms with Gasteiger partial charge in [-0.25, -0.2) is 4.39 Å². The van der Waals surface area contributed by atoms with Gasteiger partial charge in [0.25, 0.3) is 0 Å². The first kappa shape index (κ1) is 9.62. The fourth-order valence-electron chi connectivity index (χ4n) is 1.68. The van der Waals surface area contributed by atoms with E-state index >= 15 is 0 Å². The Balaban J connectivity index is 1.95. The monoisotopic (exact) mass is 195 g/mol. The molecule has 1 atom stereocenters. The van der Waals surface area contributed by atoms with Crippen LogP contribution >= 0.6 is 0 Å². The Labute approximate surface area is 83.1 Å². The number of hydrogen-bond acceptors (Lipinski definition) is 2. The van der Waals surface area contributed by atoms with Gasteiger partial charge in [0.15, 0.2) is 0 Å². The van der Waals surface area contributed by atoms with E-state index < -0.39 is 0 Å². The van der Waals surface area contributed by atoms with Crippen LogP contribution in [0.5, 0.6) is 0 Å². The van der Waals surface area contributed by atoms with Crippen molar-refractivity contribution in [3.8, 4) is 0 Å². The molecule has 0 bridgehead atoms. The summed E-state index contributed by atoms with van der Waals surface area (Å²) in [5.41, 5.74) is 0.999. The van der Waals surface area contributed by atoms with Crippen molar-refractivity contribution in [1.29, 1.82) is 0 Å². The molecule has 0 spiro atoms. The number of nitrogens with one attached hydrogen (secondary N) is 1. The van der Waals surface area contributed by atoms with E-state index in [1.54, 1.807) is 12.1 Å². The molecule has 1 heterocycles. The van der Waals surface area contributed by atoms with Gasteiger partial charge in [-0.2, -0.15) is 0 Å². The third-order valence-corrected chi connectivity index (χ3v) is 2.36. The molecule has 2 rings (SSSR count). The highest BCUT2D eigenvalue weighted by Gasteiger charge is 2.13. The van der Waals surface area contributed by atoms with E-state index in [-0.39, 0.29) is 11.9 Å². The summed E-state index contributed by atoms with van der Waals surface area (Å²) in [6, 6.07) is 6.70. The van der Waals surface area contributed by atoms with Crippen molar-refractivity contribution in [2.45, 2.75) is 12.5 Å². The first-order chi connectivity index (χ1) is 6.84. The lowest BCUT2D eigenvalue weighted by atomic mass is 10.1. The first-order valence-corrected chi connectivity index (χ1v) is 4.91. The van der Waals surface area contributed by atoms with Gasteiger partial charge in [-0.15, -0.1) is 0 Å². The maximum Gasteiger partial charge on any atom is 0.123 e. The van der Waals surface area contributed by atoms with Crippen LogP contribution < -0.4 is 5.32 Å². The van der Waals surface area contributed by atoms with Gasteiger partial charge in [-0.3, -0.25) is 0 Å². The van der Waals surface area contributed by atoms with Crippen molar-refractivity contribution in [2.24, 2.45) is 0 Å². The van der Waals surface area contributed by atoms with Crippen LogP contribution in [0.4, 0.5) is 4.39 Å². The van der Waals surface area contributed by atoms with Gasteiger partial charge in [-0.05, 0) is 24.1 Å². The van der Waals surface area contributed by atoms with Crippen LogP contribution in [0.3, 0.4) is 0 Å². The normalized spacial score (nSPS) is 22.2. The molecular weight excluding hydrogens is 181 g/mol. The van der Waals surface area contributed by atoms with E-state index in [2.05, 4.69) is 5.32 Å². The summed E-state index contributed by atoms with van der Waals surface area (Å²) in [5.74, 6) is -0.175. The third kappa shape index (κ3) is 2.53. The molecule has 0 aliphatic carbocycles. The molecule has 0 aromatic heterocycles. The second-order valence-corrected chi connectivity index (χ2v) is 3.53. The van der Waals surface area contributed by atoms with Crippen molar-refractivity contribution in [2.75, 3.05) is 19.7 Å². The maximum absolute atomic E-state index is 12.9. The Morgan fingerprint density at radius 3 is 3.14 bits per heavy atom. The zero-order valence-corrected chi connectivity index (χ0v) is 8.00. The predicted molar refractivity (Wildman–Crippen MR) is 52.7 cm³/mol. The minimum absolute atomic E-state index is 0.175. The van der Waals surface area contributed by atoms with Gasteiger partial charge in [0.1, 0.15) is 5.82 Å². The molecule has 1 aromatic rings. The Bertz CT molecular complexity index is 297. The Morgan fingerprint density at radius 1 is 1.50 bits per heavy atom. The van der Waals surface area contributed by atoms with Gasteiger partial charge in [0.2, 0.25) is 0 Å².